The summed E-state index contributed by atoms with van der Waals surface area (Å²) in [6.07, 6.45) is 1.25. The van der Waals surface area contributed by atoms with Gasteiger partial charge in [0.05, 0.1) is 22.2 Å². The third-order valence-electron chi connectivity index (χ3n) is 5.07. The van der Waals surface area contributed by atoms with Crippen molar-refractivity contribution in [3.63, 3.8) is 0 Å². The van der Waals surface area contributed by atoms with E-state index in [1.807, 2.05) is 0 Å². The maximum Gasteiger partial charge on any atom is 0.257 e. The van der Waals surface area contributed by atoms with Crippen molar-refractivity contribution in [2.24, 2.45) is 5.92 Å². The molecule has 1 saturated carbocycles. The second-order valence-corrected chi connectivity index (χ2v) is 10.0. The van der Waals surface area contributed by atoms with E-state index in [1.165, 1.54) is 36.5 Å². The van der Waals surface area contributed by atoms with Crippen molar-refractivity contribution in [3.05, 3.63) is 86.9 Å². The lowest BCUT2D eigenvalue weighted by molar-refractivity contribution is -0.117. The van der Waals surface area contributed by atoms with E-state index in [9.17, 15) is 14.0 Å². The molecular formula is C22H13Cl5FN3O2. The van der Waals surface area contributed by atoms with Crippen LogP contribution in [0.4, 0.5) is 15.8 Å². The van der Waals surface area contributed by atoms with E-state index in [4.69, 9.17) is 58.0 Å². The van der Waals surface area contributed by atoms with Gasteiger partial charge in [0, 0.05) is 27.8 Å². The number of alkyl halides is 2. The number of anilines is 2. The normalized spacial score (nSPS) is 18.5. The molecule has 5 nitrogen and oxygen atoms in total. The smallest absolute Gasteiger partial charge is 0.257 e. The number of nitrogens with zero attached hydrogens (tertiary/aromatic N) is 1. The molecule has 33 heavy (non-hydrogen) atoms. The average molecular weight is 548 g/mol. The van der Waals surface area contributed by atoms with Gasteiger partial charge in [-0.15, -0.1) is 23.2 Å². The van der Waals surface area contributed by atoms with Crippen molar-refractivity contribution in [1.29, 1.82) is 0 Å². The van der Waals surface area contributed by atoms with Crippen LogP contribution in [0.15, 0.2) is 54.7 Å². The summed E-state index contributed by atoms with van der Waals surface area (Å²) in [7, 11) is 0. The third kappa shape index (κ3) is 5.05. The Bertz CT molecular complexity index is 1250. The number of carbonyl (C=O) groups is 2. The van der Waals surface area contributed by atoms with E-state index in [-0.39, 0.29) is 22.0 Å². The molecule has 11 heteroatoms. The van der Waals surface area contributed by atoms with Crippen molar-refractivity contribution in [2.75, 3.05) is 10.6 Å². The fourth-order valence-corrected chi connectivity index (χ4v) is 5.06. The number of halogens is 6. The number of aromatic nitrogens is 1. The van der Waals surface area contributed by atoms with Crippen LogP contribution in [0.25, 0.3) is 0 Å². The first-order valence-electron chi connectivity index (χ1n) is 9.44. The molecule has 1 aromatic heterocycles. The maximum atomic E-state index is 13.8. The lowest BCUT2D eigenvalue weighted by Crippen LogP contribution is -2.18. The van der Waals surface area contributed by atoms with Crippen molar-refractivity contribution >= 4 is 81.2 Å². The Labute approximate surface area is 213 Å². The molecule has 170 valence electrons. The van der Waals surface area contributed by atoms with Gasteiger partial charge in [-0.2, -0.15) is 4.39 Å². The highest BCUT2D eigenvalue weighted by Gasteiger charge is 2.67. The largest absolute Gasteiger partial charge is 0.326 e. The molecule has 1 fully saturated rings. The zero-order valence-electron chi connectivity index (χ0n) is 16.4. The number of pyridine rings is 1. The highest BCUT2D eigenvalue weighted by Crippen LogP contribution is 2.65. The molecule has 0 aliphatic heterocycles. The van der Waals surface area contributed by atoms with Gasteiger partial charge in [0.1, 0.15) is 4.33 Å². The van der Waals surface area contributed by atoms with Crippen LogP contribution < -0.4 is 10.6 Å². The van der Waals surface area contributed by atoms with Gasteiger partial charge in [0.2, 0.25) is 11.9 Å². The summed E-state index contributed by atoms with van der Waals surface area (Å²) in [4.78, 5) is 29.0. The van der Waals surface area contributed by atoms with Crippen LogP contribution >= 0.6 is 58.0 Å². The molecule has 2 atom stereocenters. The lowest BCUT2D eigenvalue weighted by atomic mass is 10.1. The van der Waals surface area contributed by atoms with Gasteiger partial charge in [0.15, 0.2) is 0 Å². The zero-order valence-corrected chi connectivity index (χ0v) is 20.2. The fourth-order valence-electron chi connectivity index (χ4n) is 3.49. The first-order chi connectivity index (χ1) is 15.6. The molecule has 4 rings (SSSR count). The second kappa shape index (κ2) is 9.28. The highest BCUT2D eigenvalue weighted by molar-refractivity contribution is 6.53. The Morgan fingerprint density at radius 1 is 0.970 bits per heavy atom. The Hall–Kier alpha value is -2.09. The van der Waals surface area contributed by atoms with Crippen LogP contribution in [0, 0.1) is 11.9 Å². The molecule has 1 heterocycles. The van der Waals surface area contributed by atoms with Crippen LogP contribution in [0.1, 0.15) is 21.8 Å². The maximum absolute atomic E-state index is 13.8. The van der Waals surface area contributed by atoms with Crippen molar-refractivity contribution in [2.45, 2.75) is 10.3 Å². The van der Waals surface area contributed by atoms with E-state index in [2.05, 4.69) is 15.6 Å². The molecule has 3 aromatic rings. The van der Waals surface area contributed by atoms with E-state index in [1.54, 1.807) is 18.2 Å². The minimum atomic E-state index is -1.36. The molecular weight excluding hydrogens is 535 g/mol. The SMILES string of the molecule is O=C(Nc1cccnc1F)c1cc(NC(=O)C2C(c3cc(Cl)cc(Cl)c3)C2(Cl)Cl)ccc1Cl. The van der Waals surface area contributed by atoms with Gasteiger partial charge < -0.3 is 10.6 Å². The fraction of sp³-hybridized carbons (Fsp3) is 0.136. The number of benzene rings is 2. The molecule has 2 amide bonds. The van der Waals surface area contributed by atoms with Crippen LogP contribution in [-0.4, -0.2) is 21.1 Å². The summed E-state index contributed by atoms with van der Waals surface area (Å²) in [5.74, 6) is -3.29. The molecule has 2 aromatic carbocycles. The van der Waals surface area contributed by atoms with E-state index < -0.39 is 33.9 Å². The molecule has 0 spiro atoms. The molecule has 0 radical (unpaired) electrons. The van der Waals surface area contributed by atoms with E-state index in [0.29, 0.717) is 15.6 Å². The standard InChI is InChI=1S/C22H13Cl5FN3O2/c23-11-6-10(7-12(24)8-11)17-18(22(17,26)27)21(33)30-13-3-4-15(25)14(9-13)20(32)31-16-2-1-5-29-19(16)28/h1-9,17-18H,(H,30,33)(H,31,32). The Morgan fingerprint density at radius 3 is 2.33 bits per heavy atom. The summed E-state index contributed by atoms with van der Waals surface area (Å²) < 4.78 is 12.4. The summed E-state index contributed by atoms with van der Waals surface area (Å²) in [6.45, 7) is 0. The minimum Gasteiger partial charge on any atom is -0.326 e. The molecule has 0 bridgehead atoms. The van der Waals surface area contributed by atoms with Gasteiger partial charge in [-0.05, 0) is 54.1 Å². The number of nitrogens with one attached hydrogen (secondary N) is 2. The predicted octanol–water partition coefficient (Wildman–Crippen LogP) is 6.96. The third-order valence-corrected chi connectivity index (χ3v) is 6.77. The Morgan fingerprint density at radius 2 is 1.67 bits per heavy atom. The summed E-state index contributed by atoms with van der Waals surface area (Å²) in [5, 5.41) is 5.98. The monoisotopic (exact) mass is 545 g/mol. The lowest BCUT2D eigenvalue weighted by Gasteiger charge is -2.10. The van der Waals surface area contributed by atoms with E-state index in [0.717, 1.165) is 0 Å². The molecule has 1 aliphatic carbocycles. The van der Waals surface area contributed by atoms with Crippen molar-refractivity contribution in [3.8, 4) is 0 Å². The van der Waals surface area contributed by atoms with Crippen LogP contribution in [-0.2, 0) is 4.79 Å². The Balaban J connectivity index is 1.52. The summed E-state index contributed by atoms with van der Waals surface area (Å²) in [5.41, 5.74) is 0.824. The van der Waals surface area contributed by atoms with Crippen molar-refractivity contribution in [1.82, 2.24) is 4.98 Å². The van der Waals surface area contributed by atoms with Crippen molar-refractivity contribution < 1.29 is 14.0 Å². The highest BCUT2D eigenvalue weighted by atomic mass is 35.5. The van der Waals surface area contributed by atoms with Crippen LogP contribution in [0.3, 0.4) is 0 Å². The average Bonchev–Trinajstić information content (AvgIpc) is 3.32. The van der Waals surface area contributed by atoms with E-state index >= 15 is 0 Å². The topological polar surface area (TPSA) is 71.1 Å². The molecule has 0 saturated heterocycles. The number of hydrogen-bond acceptors (Lipinski definition) is 3. The quantitative estimate of drug-likeness (QED) is 0.268. The predicted molar refractivity (Wildman–Crippen MR) is 129 cm³/mol. The first-order valence-corrected chi connectivity index (χ1v) is 11.3. The van der Waals surface area contributed by atoms with Crippen LogP contribution in [0.5, 0.6) is 0 Å². The summed E-state index contributed by atoms with van der Waals surface area (Å²) >= 11 is 31.0. The van der Waals surface area contributed by atoms with Gasteiger partial charge in [-0.1, -0.05) is 34.8 Å². The molecule has 1 aliphatic rings. The van der Waals surface area contributed by atoms with Crippen LogP contribution in [0.2, 0.25) is 15.1 Å². The first kappa shape index (κ1) is 24.0. The zero-order chi connectivity index (χ0) is 23.9. The van der Waals surface area contributed by atoms with Gasteiger partial charge in [-0.3, -0.25) is 9.59 Å². The number of hydrogen-bond donors (Lipinski definition) is 2. The Kier molecular flexibility index (Phi) is 6.76. The molecule has 2 unspecified atom stereocenters. The van der Waals surface area contributed by atoms with Gasteiger partial charge >= 0.3 is 0 Å². The number of carbonyl (C=O) groups excluding carboxylic acids is 2. The van der Waals surface area contributed by atoms with Gasteiger partial charge in [0.25, 0.3) is 5.91 Å². The summed E-state index contributed by atoms with van der Waals surface area (Å²) in [6, 6.07) is 12.0. The second-order valence-electron chi connectivity index (χ2n) is 7.31. The molecule has 2 N–H and O–H groups in total. The number of rotatable bonds is 5. The minimum absolute atomic E-state index is 0.0229. The van der Waals surface area contributed by atoms with Gasteiger partial charge in [-0.25, -0.2) is 4.98 Å². The number of amides is 2.